The van der Waals surface area contributed by atoms with Crippen LogP contribution < -0.4 is 20.1 Å². The maximum absolute atomic E-state index is 11.8. The topological polar surface area (TPSA) is 59.6 Å². The number of benzene rings is 2. The second-order valence-electron chi connectivity index (χ2n) is 4.79. The molecule has 0 heterocycles. The Balaban J connectivity index is 1.76. The Kier molecular flexibility index (Phi) is 6.11. The van der Waals surface area contributed by atoms with Gasteiger partial charge in [0.15, 0.2) is 6.73 Å². The van der Waals surface area contributed by atoms with Crippen LogP contribution in [-0.2, 0) is 0 Å². The summed E-state index contributed by atoms with van der Waals surface area (Å²) in [5.41, 5.74) is 1.58. The number of hydrogen-bond donors (Lipinski definition) is 2. The number of aryl methyl sites for hydroxylation is 1. The van der Waals surface area contributed by atoms with Crippen molar-refractivity contribution >= 4 is 23.3 Å². The summed E-state index contributed by atoms with van der Waals surface area (Å²) in [5, 5.41) is 5.90. The summed E-state index contributed by atoms with van der Waals surface area (Å²) in [6.07, 6.45) is 0. The molecule has 0 saturated heterocycles. The molecule has 2 N–H and O–H groups in total. The number of ether oxygens (including phenoxy) is 2. The molecule has 2 amide bonds. The molecule has 2 aromatic rings. The first-order chi connectivity index (χ1) is 11.1. The number of hydrogen-bond acceptors (Lipinski definition) is 3. The summed E-state index contributed by atoms with van der Waals surface area (Å²) in [4.78, 5) is 11.8. The summed E-state index contributed by atoms with van der Waals surface area (Å²) in [6, 6.07) is 12.2. The Morgan fingerprint density at radius 2 is 1.74 bits per heavy atom. The SMILES string of the molecule is CCOc1ccc(OCNC(=O)Nc2ccc(C)c(Cl)c2)cc1. The van der Waals surface area contributed by atoms with Gasteiger partial charge in [-0.25, -0.2) is 4.79 Å². The van der Waals surface area contributed by atoms with Gasteiger partial charge in [0.1, 0.15) is 11.5 Å². The van der Waals surface area contributed by atoms with Gasteiger partial charge in [0.25, 0.3) is 0 Å². The zero-order valence-corrected chi connectivity index (χ0v) is 13.8. The molecule has 0 aromatic heterocycles. The summed E-state index contributed by atoms with van der Waals surface area (Å²) in [5.74, 6) is 1.42. The lowest BCUT2D eigenvalue weighted by Crippen LogP contribution is -2.32. The van der Waals surface area contributed by atoms with Gasteiger partial charge in [0, 0.05) is 10.7 Å². The van der Waals surface area contributed by atoms with E-state index >= 15 is 0 Å². The van der Waals surface area contributed by atoms with Crippen molar-refractivity contribution in [2.45, 2.75) is 13.8 Å². The molecule has 0 aliphatic heterocycles. The third-order valence-electron chi connectivity index (χ3n) is 3.04. The number of urea groups is 1. The number of carbonyl (C=O) groups excluding carboxylic acids is 1. The van der Waals surface area contributed by atoms with Gasteiger partial charge in [-0.1, -0.05) is 17.7 Å². The third kappa shape index (κ3) is 5.38. The van der Waals surface area contributed by atoms with Crippen LogP contribution in [0.15, 0.2) is 42.5 Å². The Hall–Kier alpha value is -2.40. The molecule has 0 spiro atoms. The quantitative estimate of drug-likeness (QED) is 0.778. The van der Waals surface area contributed by atoms with Gasteiger partial charge in [-0.2, -0.15) is 0 Å². The largest absolute Gasteiger partial charge is 0.494 e. The van der Waals surface area contributed by atoms with Crippen molar-refractivity contribution in [3.63, 3.8) is 0 Å². The maximum Gasteiger partial charge on any atom is 0.321 e. The number of amides is 2. The lowest BCUT2D eigenvalue weighted by atomic mass is 10.2. The first-order valence-electron chi connectivity index (χ1n) is 7.25. The molecule has 0 atom stereocenters. The molecule has 0 aliphatic carbocycles. The van der Waals surface area contributed by atoms with E-state index in [-0.39, 0.29) is 12.8 Å². The molecule has 23 heavy (non-hydrogen) atoms. The standard InChI is InChI=1S/C17H19ClN2O3/c1-3-22-14-6-8-15(9-7-14)23-11-19-17(21)20-13-5-4-12(2)16(18)10-13/h4-10H,3,11H2,1-2H3,(H2,19,20,21). The molecule has 0 unspecified atom stereocenters. The highest BCUT2D eigenvalue weighted by molar-refractivity contribution is 6.31. The van der Waals surface area contributed by atoms with Crippen LogP contribution in [0.4, 0.5) is 10.5 Å². The number of anilines is 1. The molecular weight excluding hydrogens is 316 g/mol. The van der Waals surface area contributed by atoms with Crippen LogP contribution in [0, 0.1) is 6.92 Å². The van der Waals surface area contributed by atoms with Crippen molar-refractivity contribution in [3.05, 3.63) is 53.1 Å². The van der Waals surface area contributed by atoms with E-state index in [4.69, 9.17) is 21.1 Å². The van der Waals surface area contributed by atoms with Crippen LogP contribution >= 0.6 is 11.6 Å². The monoisotopic (exact) mass is 334 g/mol. The molecule has 2 aromatic carbocycles. The molecule has 0 radical (unpaired) electrons. The second kappa shape index (κ2) is 8.29. The summed E-state index contributed by atoms with van der Waals surface area (Å²) in [7, 11) is 0. The number of halogens is 1. The van der Waals surface area contributed by atoms with Gasteiger partial charge in [-0.15, -0.1) is 0 Å². The molecule has 0 bridgehead atoms. The van der Waals surface area contributed by atoms with Crippen LogP contribution in [0.1, 0.15) is 12.5 Å². The maximum atomic E-state index is 11.8. The van der Waals surface area contributed by atoms with E-state index in [1.54, 1.807) is 24.3 Å². The van der Waals surface area contributed by atoms with Gasteiger partial charge in [-0.3, -0.25) is 0 Å². The average molecular weight is 335 g/mol. The first-order valence-corrected chi connectivity index (χ1v) is 7.63. The third-order valence-corrected chi connectivity index (χ3v) is 3.44. The van der Waals surface area contributed by atoms with Crippen molar-refractivity contribution in [3.8, 4) is 11.5 Å². The molecule has 0 saturated carbocycles. The lowest BCUT2D eigenvalue weighted by molar-refractivity contribution is 0.234. The fraction of sp³-hybridized carbons (Fsp3) is 0.235. The van der Waals surface area contributed by atoms with Gasteiger partial charge >= 0.3 is 6.03 Å². The molecule has 0 aliphatic rings. The van der Waals surface area contributed by atoms with E-state index in [0.717, 1.165) is 11.3 Å². The van der Waals surface area contributed by atoms with Crippen LogP contribution in [0.25, 0.3) is 0 Å². The normalized spacial score (nSPS) is 10.0. The summed E-state index contributed by atoms with van der Waals surface area (Å²) in [6.45, 7) is 4.50. The first kappa shape index (κ1) is 17.0. The fourth-order valence-electron chi connectivity index (χ4n) is 1.83. The van der Waals surface area contributed by atoms with Crippen LogP contribution in [0.5, 0.6) is 11.5 Å². The zero-order chi connectivity index (χ0) is 16.7. The van der Waals surface area contributed by atoms with E-state index in [1.165, 1.54) is 0 Å². The van der Waals surface area contributed by atoms with Crippen molar-refractivity contribution in [2.75, 3.05) is 18.7 Å². The van der Waals surface area contributed by atoms with Gasteiger partial charge in [0.05, 0.1) is 6.61 Å². The smallest absolute Gasteiger partial charge is 0.321 e. The highest BCUT2D eigenvalue weighted by atomic mass is 35.5. The molecule has 0 fully saturated rings. The average Bonchev–Trinajstić information content (AvgIpc) is 2.53. The van der Waals surface area contributed by atoms with E-state index in [2.05, 4.69) is 10.6 Å². The number of nitrogens with one attached hydrogen (secondary N) is 2. The van der Waals surface area contributed by atoms with Gasteiger partial charge in [-0.05, 0) is 55.8 Å². The predicted octanol–water partition coefficient (Wildman–Crippen LogP) is 4.21. The van der Waals surface area contributed by atoms with Crippen LogP contribution in [-0.4, -0.2) is 19.4 Å². The van der Waals surface area contributed by atoms with E-state index < -0.39 is 0 Å². The van der Waals surface area contributed by atoms with Gasteiger partial charge in [0.2, 0.25) is 0 Å². The lowest BCUT2D eigenvalue weighted by Gasteiger charge is -2.10. The Morgan fingerprint density at radius 3 is 2.35 bits per heavy atom. The Labute approximate surface area is 140 Å². The molecule has 122 valence electrons. The van der Waals surface area contributed by atoms with E-state index in [0.29, 0.717) is 23.1 Å². The van der Waals surface area contributed by atoms with E-state index in [1.807, 2.05) is 32.0 Å². The predicted molar refractivity (Wildman–Crippen MR) is 91.4 cm³/mol. The van der Waals surface area contributed by atoms with Crippen molar-refractivity contribution in [1.82, 2.24) is 5.32 Å². The minimum Gasteiger partial charge on any atom is -0.494 e. The highest BCUT2D eigenvalue weighted by Crippen LogP contribution is 2.20. The molecule has 6 heteroatoms. The van der Waals surface area contributed by atoms with Crippen molar-refractivity contribution < 1.29 is 14.3 Å². The minimum atomic E-state index is -0.365. The molecule has 2 rings (SSSR count). The second-order valence-corrected chi connectivity index (χ2v) is 5.20. The van der Waals surface area contributed by atoms with Crippen LogP contribution in [0.2, 0.25) is 5.02 Å². The summed E-state index contributed by atoms with van der Waals surface area (Å²) >= 11 is 6.01. The van der Waals surface area contributed by atoms with Crippen LogP contribution in [0.3, 0.4) is 0 Å². The molecule has 5 nitrogen and oxygen atoms in total. The van der Waals surface area contributed by atoms with Gasteiger partial charge < -0.3 is 20.1 Å². The number of rotatable bonds is 6. The zero-order valence-electron chi connectivity index (χ0n) is 13.1. The summed E-state index contributed by atoms with van der Waals surface area (Å²) < 4.78 is 10.8. The fourth-order valence-corrected chi connectivity index (χ4v) is 2.01. The number of carbonyl (C=O) groups is 1. The Bertz CT molecular complexity index is 659. The van der Waals surface area contributed by atoms with E-state index in [9.17, 15) is 4.79 Å². The minimum absolute atomic E-state index is 0.0550. The highest BCUT2D eigenvalue weighted by Gasteiger charge is 2.03. The van der Waals surface area contributed by atoms with Crippen molar-refractivity contribution in [1.29, 1.82) is 0 Å². The molecular formula is C17H19ClN2O3. The Morgan fingerprint density at radius 1 is 1.09 bits per heavy atom. The van der Waals surface area contributed by atoms with Crippen molar-refractivity contribution in [2.24, 2.45) is 0 Å².